The molecular weight excluding hydrogens is 314 g/mol. The fourth-order valence-corrected chi connectivity index (χ4v) is 3.00. The molecule has 0 aliphatic carbocycles. The number of aryl methyl sites for hydroxylation is 2. The number of benzene rings is 2. The smallest absolute Gasteiger partial charge is 0.321 e. The molecule has 1 saturated heterocycles. The molecule has 3 rings (SSSR count). The number of anilines is 2. The van der Waals surface area contributed by atoms with Gasteiger partial charge in [0.2, 0.25) is 0 Å². The fraction of sp³-hybridized carbons (Fsp3) is 0.350. The summed E-state index contributed by atoms with van der Waals surface area (Å²) >= 11 is 0. The minimum atomic E-state index is -0.0338. The Labute approximate surface area is 149 Å². The van der Waals surface area contributed by atoms with Gasteiger partial charge < -0.3 is 19.9 Å². The van der Waals surface area contributed by atoms with Crippen molar-refractivity contribution in [3.63, 3.8) is 0 Å². The molecule has 0 atom stereocenters. The van der Waals surface area contributed by atoms with Gasteiger partial charge in [0.25, 0.3) is 0 Å². The largest absolute Gasteiger partial charge is 0.497 e. The minimum Gasteiger partial charge on any atom is -0.497 e. The topological polar surface area (TPSA) is 44.8 Å². The summed E-state index contributed by atoms with van der Waals surface area (Å²) in [6.45, 7) is 7.15. The van der Waals surface area contributed by atoms with E-state index in [4.69, 9.17) is 4.74 Å². The van der Waals surface area contributed by atoms with Crippen LogP contribution in [0.1, 0.15) is 11.1 Å². The second kappa shape index (κ2) is 7.47. The van der Waals surface area contributed by atoms with Gasteiger partial charge >= 0.3 is 6.03 Å². The monoisotopic (exact) mass is 339 g/mol. The van der Waals surface area contributed by atoms with Crippen LogP contribution in [0.25, 0.3) is 0 Å². The molecule has 0 saturated carbocycles. The number of hydrogen-bond acceptors (Lipinski definition) is 3. The van der Waals surface area contributed by atoms with Crippen LogP contribution < -0.4 is 15.0 Å². The number of nitrogens with one attached hydrogen (secondary N) is 1. The van der Waals surface area contributed by atoms with E-state index < -0.39 is 0 Å². The molecule has 5 heteroatoms. The summed E-state index contributed by atoms with van der Waals surface area (Å²) in [5.41, 5.74) is 4.39. The van der Waals surface area contributed by atoms with Crippen LogP contribution in [0.3, 0.4) is 0 Å². The van der Waals surface area contributed by atoms with Crippen molar-refractivity contribution in [2.45, 2.75) is 13.8 Å². The summed E-state index contributed by atoms with van der Waals surface area (Å²) in [6, 6.07) is 14.0. The van der Waals surface area contributed by atoms with Crippen molar-refractivity contribution >= 4 is 17.4 Å². The van der Waals surface area contributed by atoms with Gasteiger partial charge in [-0.1, -0.05) is 12.1 Å². The molecule has 1 aliphatic rings. The molecule has 5 nitrogen and oxygen atoms in total. The number of carbonyl (C=O) groups excluding carboxylic acids is 1. The Bertz CT molecular complexity index is 752. The number of carbonyl (C=O) groups is 1. The lowest BCUT2D eigenvalue weighted by Crippen LogP contribution is -2.50. The molecule has 2 aromatic rings. The lowest BCUT2D eigenvalue weighted by atomic mass is 10.1. The zero-order valence-corrected chi connectivity index (χ0v) is 15.1. The molecule has 0 unspecified atom stereocenters. The number of ether oxygens (including phenoxy) is 1. The van der Waals surface area contributed by atoms with Gasteiger partial charge in [-0.15, -0.1) is 0 Å². The van der Waals surface area contributed by atoms with Gasteiger partial charge in [-0.25, -0.2) is 4.79 Å². The minimum absolute atomic E-state index is 0.0338. The lowest BCUT2D eigenvalue weighted by Gasteiger charge is -2.36. The standard InChI is InChI=1S/C20H25N3O2/c1-15-7-8-17(13-16(15)2)21-20(24)23-11-9-22(10-12-23)18-5-4-6-19(14-18)25-3/h4-8,13-14H,9-12H2,1-3H3,(H,21,24). The van der Waals surface area contributed by atoms with Crippen LogP contribution in [0, 0.1) is 13.8 Å². The third-order valence-corrected chi connectivity index (χ3v) is 4.74. The highest BCUT2D eigenvalue weighted by atomic mass is 16.5. The van der Waals surface area contributed by atoms with E-state index in [2.05, 4.69) is 30.1 Å². The van der Waals surface area contributed by atoms with Crippen LogP contribution >= 0.6 is 0 Å². The van der Waals surface area contributed by atoms with Gasteiger partial charge in [0.05, 0.1) is 7.11 Å². The van der Waals surface area contributed by atoms with Crippen LogP contribution in [-0.4, -0.2) is 44.2 Å². The number of amides is 2. The maximum Gasteiger partial charge on any atom is 0.321 e. The molecule has 0 aromatic heterocycles. The number of piperazine rings is 1. The molecule has 2 aromatic carbocycles. The van der Waals surface area contributed by atoms with E-state index in [1.165, 1.54) is 11.1 Å². The average molecular weight is 339 g/mol. The highest BCUT2D eigenvalue weighted by Crippen LogP contribution is 2.22. The van der Waals surface area contributed by atoms with Crippen molar-refractivity contribution in [3.05, 3.63) is 53.6 Å². The first-order chi connectivity index (χ1) is 12.1. The van der Waals surface area contributed by atoms with Gasteiger partial charge in [0, 0.05) is 43.6 Å². The van der Waals surface area contributed by atoms with Crippen molar-refractivity contribution in [2.24, 2.45) is 0 Å². The van der Waals surface area contributed by atoms with E-state index in [1.54, 1.807) is 7.11 Å². The molecule has 132 valence electrons. The maximum atomic E-state index is 12.5. The SMILES string of the molecule is COc1cccc(N2CCN(C(=O)Nc3ccc(C)c(C)c3)CC2)c1. The molecule has 0 spiro atoms. The number of hydrogen-bond donors (Lipinski definition) is 1. The van der Waals surface area contributed by atoms with Crippen LogP contribution in [-0.2, 0) is 0 Å². The Morgan fingerprint density at radius 2 is 1.76 bits per heavy atom. The molecule has 0 radical (unpaired) electrons. The van der Waals surface area contributed by atoms with Crippen LogP contribution in [0.15, 0.2) is 42.5 Å². The summed E-state index contributed by atoms with van der Waals surface area (Å²) in [7, 11) is 1.67. The van der Waals surface area contributed by atoms with Crippen molar-refractivity contribution in [3.8, 4) is 5.75 Å². The fourth-order valence-electron chi connectivity index (χ4n) is 3.00. The Morgan fingerprint density at radius 1 is 1.00 bits per heavy atom. The normalized spacial score (nSPS) is 14.4. The number of urea groups is 1. The summed E-state index contributed by atoms with van der Waals surface area (Å²) in [5, 5.41) is 3.00. The first-order valence-corrected chi connectivity index (χ1v) is 8.59. The molecule has 25 heavy (non-hydrogen) atoms. The Hall–Kier alpha value is -2.69. The Balaban J connectivity index is 1.57. The van der Waals surface area contributed by atoms with Gasteiger partial charge in [0.15, 0.2) is 0 Å². The quantitative estimate of drug-likeness (QED) is 0.928. The van der Waals surface area contributed by atoms with E-state index in [9.17, 15) is 4.79 Å². The van der Waals surface area contributed by atoms with E-state index in [0.717, 1.165) is 30.2 Å². The van der Waals surface area contributed by atoms with E-state index >= 15 is 0 Å². The van der Waals surface area contributed by atoms with Crippen LogP contribution in [0.2, 0.25) is 0 Å². The zero-order chi connectivity index (χ0) is 17.8. The number of nitrogens with zero attached hydrogens (tertiary/aromatic N) is 2. The molecular formula is C20H25N3O2. The Morgan fingerprint density at radius 3 is 2.44 bits per heavy atom. The first-order valence-electron chi connectivity index (χ1n) is 8.59. The summed E-state index contributed by atoms with van der Waals surface area (Å²) in [4.78, 5) is 16.6. The van der Waals surface area contributed by atoms with Crippen LogP contribution in [0.5, 0.6) is 5.75 Å². The van der Waals surface area contributed by atoms with Gasteiger partial charge in [-0.3, -0.25) is 0 Å². The third-order valence-electron chi connectivity index (χ3n) is 4.74. The lowest BCUT2D eigenvalue weighted by molar-refractivity contribution is 0.208. The number of methoxy groups -OCH3 is 1. The van der Waals surface area contributed by atoms with Gasteiger partial charge in [-0.2, -0.15) is 0 Å². The maximum absolute atomic E-state index is 12.5. The van der Waals surface area contributed by atoms with E-state index in [-0.39, 0.29) is 6.03 Å². The average Bonchev–Trinajstić information content (AvgIpc) is 2.65. The van der Waals surface area contributed by atoms with Gasteiger partial charge in [-0.05, 0) is 49.2 Å². The number of rotatable bonds is 3. The van der Waals surface area contributed by atoms with E-state index in [0.29, 0.717) is 13.1 Å². The second-order valence-electron chi connectivity index (χ2n) is 6.40. The van der Waals surface area contributed by atoms with Crippen molar-refractivity contribution in [1.29, 1.82) is 0 Å². The highest BCUT2D eigenvalue weighted by molar-refractivity contribution is 5.89. The van der Waals surface area contributed by atoms with Gasteiger partial charge in [0.1, 0.15) is 5.75 Å². The second-order valence-corrected chi connectivity index (χ2v) is 6.40. The predicted molar refractivity (Wildman–Crippen MR) is 102 cm³/mol. The van der Waals surface area contributed by atoms with Crippen molar-refractivity contribution in [1.82, 2.24) is 4.90 Å². The molecule has 1 fully saturated rings. The Kier molecular flexibility index (Phi) is 5.12. The molecule has 0 bridgehead atoms. The molecule has 1 N–H and O–H groups in total. The predicted octanol–water partition coefficient (Wildman–Crippen LogP) is 3.67. The van der Waals surface area contributed by atoms with Crippen molar-refractivity contribution in [2.75, 3.05) is 43.5 Å². The first kappa shape index (κ1) is 17.1. The molecule has 2 amide bonds. The van der Waals surface area contributed by atoms with E-state index in [1.807, 2.05) is 41.3 Å². The summed E-state index contributed by atoms with van der Waals surface area (Å²) in [5.74, 6) is 0.854. The summed E-state index contributed by atoms with van der Waals surface area (Å²) < 4.78 is 5.29. The molecule has 1 heterocycles. The molecule has 1 aliphatic heterocycles. The third kappa shape index (κ3) is 4.05. The zero-order valence-electron chi connectivity index (χ0n) is 15.1. The van der Waals surface area contributed by atoms with Crippen molar-refractivity contribution < 1.29 is 9.53 Å². The van der Waals surface area contributed by atoms with Crippen LogP contribution in [0.4, 0.5) is 16.2 Å². The highest BCUT2D eigenvalue weighted by Gasteiger charge is 2.21. The summed E-state index contributed by atoms with van der Waals surface area (Å²) in [6.07, 6.45) is 0.